The average molecular weight is 388 g/mol. The zero-order valence-electron chi connectivity index (χ0n) is 15.6. The highest BCUT2D eigenvalue weighted by Crippen LogP contribution is 2.38. The Bertz CT molecular complexity index is 1010. The van der Waals surface area contributed by atoms with Crippen molar-refractivity contribution in [2.45, 2.75) is 12.5 Å². The Balaban J connectivity index is 1.55. The number of rotatable bonds is 6. The van der Waals surface area contributed by atoms with Crippen molar-refractivity contribution < 1.29 is 19.1 Å². The van der Waals surface area contributed by atoms with Crippen LogP contribution < -0.4 is 20.1 Å². The Morgan fingerprint density at radius 3 is 2.34 bits per heavy atom. The van der Waals surface area contributed by atoms with Crippen LogP contribution in [-0.2, 0) is 11.2 Å². The van der Waals surface area contributed by atoms with Crippen LogP contribution >= 0.6 is 0 Å². The molecule has 2 N–H and O–H groups in total. The summed E-state index contributed by atoms with van der Waals surface area (Å²) in [7, 11) is 0. The third-order valence-corrected chi connectivity index (χ3v) is 4.59. The van der Waals surface area contributed by atoms with Crippen LogP contribution in [-0.4, -0.2) is 24.6 Å². The second kappa shape index (κ2) is 8.48. The van der Waals surface area contributed by atoms with Gasteiger partial charge in [0.25, 0.3) is 5.91 Å². The average Bonchev–Trinajstić information content (AvgIpc) is 3.24. The van der Waals surface area contributed by atoms with Crippen LogP contribution in [0, 0.1) is 0 Å². The Morgan fingerprint density at radius 2 is 1.59 bits per heavy atom. The first-order chi connectivity index (χ1) is 14.2. The molecule has 0 aromatic heterocycles. The molecule has 6 nitrogen and oxygen atoms in total. The number of benzene rings is 3. The molecule has 1 heterocycles. The summed E-state index contributed by atoms with van der Waals surface area (Å²) in [4.78, 5) is 25.7. The van der Waals surface area contributed by atoms with Crippen molar-refractivity contribution in [1.29, 1.82) is 0 Å². The van der Waals surface area contributed by atoms with E-state index in [4.69, 9.17) is 9.47 Å². The molecule has 3 aromatic carbocycles. The molecule has 0 saturated heterocycles. The van der Waals surface area contributed by atoms with E-state index in [1.807, 2.05) is 36.4 Å². The minimum Gasteiger partial charge on any atom is -0.454 e. The number of hydrogen-bond acceptors (Lipinski definition) is 4. The molecule has 29 heavy (non-hydrogen) atoms. The van der Waals surface area contributed by atoms with Crippen molar-refractivity contribution in [2.24, 2.45) is 0 Å². The summed E-state index contributed by atoms with van der Waals surface area (Å²) in [5.74, 6) is 0.436. The number of fused-ring (bicyclic) bond motifs is 1. The SMILES string of the molecule is O=C(NC(Cc1ccccc1)C(=O)Nc1cccc2c1OCO2)c1ccccc1. The van der Waals surface area contributed by atoms with E-state index in [9.17, 15) is 9.59 Å². The topological polar surface area (TPSA) is 76.7 Å². The van der Waals surface area contributed by atoms with Crippen molar-refractivity contribution in [3.63, 3.8) is 0 Å². The predicted molar refractivity (Wildman–Crippen MR) is 109 cm³/mol. The van der Waals surface area contributed by atoms with E-state index in [1.54, 1.807) is 42.5 Å². The van der Waals surface area contributed by atoms with E-state index in [0.29, 0.717) is 29.2 Å². The fraction of sp³-hybridized carbons (Fsp3) is 0.130. The number of para-hydroxylation sites is 1. The third-order valence-electron chi connectivity index (χ3n) is 4.59. The lowest BCUT2D eigenvalue weighted by atomic mass is 10.0. The van der Waals surface area contributed by atoms with E-state index in [1.165, 1.54) is 0 Å². The summed E-state index contributed by atoms with van der Waals surface area (Å²) in [6.07, 6.45) is 0.359. The van der Waals surface area contributed by atoms with Gasteiger partial charge in [-0.2, -0.15) is 0 Å². The number of amides is 2. The lowest BCUT2D eigenvalue weighted by molar-refractivity contribution is -0.118. The van der Waals surface area contributed by atoms with E-state index < -0.39 is 6.04 Å². The van der Waals surface area contributed by atoms with Crippen molar-refractivity contribution in [3.05, 3.63) is 90.0 Å². The van der Waals surface area contributed by atoms with Crippen molar-refractivity contribution in [3.8, 4) is 11.5 Å². The van der Waals surface area contributed by atoms with Crippen LogP contribution in [0.5, 0.6) is 11.5 Å². The minimum atomic E-state index is -0.761. The fourth-order valence-electron chi connectivity index (χ4n) is 3.14. The molecular weight excluding hydrogens is 368 g/mol. The second-order valence-corrected chi connectivity index (χ2v) is 6.61. The lowest BCUT2D eigenvalue weighted by Crippen LogP contribution is -2.45. The summed E-state index contributed by atoms with van der Waals surface area (Å²) in [6, 6.07) is 22.9. The molecule has 0 radical (unpaired) electrons. The Labute approximate surface area is 168 Å². The molecule has 3 aromatic rings. The zero-order chi connectivity index (χ0) is 20.1. The second-order valence-electron chi connectivity index (χ2n) is 6.61. The molecule has 0 spiro atoms. The molecule has 146 valence electrons. The summed E-state index contributed by atoms with van der Waals surface area (Å²) >= 11 is 0. The molecule has 1 atom stereocenters. The molecule has 6 heteroatoms. The van der Waals surface area contributed by atoms with Gasteiger partial charge in [0.2, 0.25) is 12.7 Å². The standard InChI is InChI=1S/C23H20N2O4/c26-22(17-10-5-2-6-11-17)25-19(14-16-8-3-1-4-9-16)23(27)24-18-12-7-13-20-21(18)29-15-28-20/h1-13,19H,14-15H2,(H,24,27)(H,25,26). The van der Waals surface area contributed by atoms with Crippen molar-refractivity contribution >= 4 is 17.5 Å². The van der Waals surface area contributed by atoms with Crippen molar-refractivity contribution in [1.82, 2.24) is 5.32 Å². The minimum absolute atomic E-state index is 0.112. The van der Waals surface area contributed by atoms with Gasteiger partial charge >= 0.3 is 0 Å². The van der Waals surface area contributed by atoms with Crippen molar-refractivity contribution in [2.75, 3.05) is 12.1 Å². The summed E-state index contributed by atoms with van der Waals surface area (Å²) in [5, 5.41) is 5.71. The van der Waals surface area contributed by atoms with Gasteiger partial charge in [-0.05, 0) is 29.8 Å². The third kappa shape index (κ3) is 4.38. The van der Waals surface area contributed by atoms with Gasteiger partial charge in [0.05, 0.1) is 5.69 Å². The van der Waals surface area contributed by atoms with Gasteiger partial charge in [-0.15, -0.1) is 0 Å². The molecule has 0 fully saturated rings. The van der Waals surface area contributed by atoms with Gasteiger partial charge in [0.1, 0.15) is 6.04 Å². The maximum atomic E-state index is 13.1. The summed E-state index contributed by atoms with van der Waals surface area (Å²) < 4.78 is 10.8. The van der Waals surface area contributed by atoms with Gasteiger partial charge < -0.3 is 20.1 Å². The summed E-state index contributed by atoms with van der Waals surface area (Å²) in [6.45, 7) is 0.112. The van der Waals surface area contributed by atoms with Crippen LogP contribution in [0.15, 0.2) is 78.9 Å². The molecule has 0 bridgehead atoms. The Hall–Kier alpha value is -3.80. The number of carbonyl (C=O) groups excluding carboxylic acids is 2. The first-order valence-corrected chi connectivity index (χ1v) is 9.30. The monoisotopic (exact) mass is 388 g/mol. The maximum Gasteiger partial charge on any atom is 0.251 e. The van der Waals surface area contributed by atoms with E-state index in [0.717, 1.165) is 5.56 Å². The molecule has 0 saturated carbocycles. The van der Waals surface area contributed by atoms with Gasteiger partial charge in [-0.1, -0.05) is 54.6 Å². The highest BCUT2D eigenvalue weighted by Gasteiger charge is 2.25. The van der Waals surface area contributed by atoms with Crippen LogP contribution in [0.4, 0.5) is 5.69 Å². The number of anilines is 1. The quantitative estimate of drug-likeness (QED) is 0.679. The first-order valence-electron chi connectivity index (χ1n) is 9.30. The maximum absolute atomic E-state index is 13.1. The Kier molecular flexibility index (Phi) is 5.42. The number of carbonyl (C=O) groups is 2. The van der Waals surface area contributed by atoms with Gasteiger partial charge in [-0.25, -0.2) is 0 Å². The lowest BCUT2D eigenvalue weighted by Gasteiger charge is -2.19. The fourth-order valence-corrected chi connectivity index (χ4v) is 3.14. The smallest absolute Gasteiger partial charge is 0.251 e. The van der Waals surface area contributed by atoms with E-state index in [2.05, 4.69) is 10.6 Å². The molecule has 1 aliphatic rings. The predicted octanol–water partition coefficient (Wildman–Crippen LogP) is 3.40. The highest BCUT2D eigenvalue weighted by molar-refractivity contribution is 6.02. The number of ether oxygens (including phenoxy) is 2. The van der Waals surface area contributed by atoms with Gasteiger partial charge in [0, 0.05) is 12.0 Å². The number of hydrogen-bond donors (Lipinski definition) is 2. The van der Waals surface area contributed by atoms with Gasteiger partial charge in [0.15, 0.2) is 11.5 Å². The largest absolute Gasteiger partial charge is 0.454 e. The van der Waals surface area contributed by atoms with Gasteiger partial charge in [-0.3, -0.25) is 9.59 Å². The summed E-state index contributed by atoms with van der Waals surface area (Å²) in [5.41, 5.74) is 1.95. The normalized spacial score (nSPS) is 12.8. The Morgan fingerprint density at radius 1 is 0.862 bits per heavy atom. The molecule has 4 rings (SSSR count). The number of nitrogens with one attached hydrogen (secondary N) is 2. The highest BCUT2D eigenvalue weighted by atomic mass is 16.7. The molecule has 0 aliphatic carbocycles. The van der Waals surface area contributed by atoms with E-state index >= 15 is 0 Å². The van der Waals surface area contributed by atoms with Crippen LogP contribution in [0.3, 0.4) is 0 Å². The molecule has 1 aliphatic heterocycles. The van der Waals surface area contributed by atoms with Crippen LogP contribution in [0.25, 0.3) is 0 Å². The zero-order valence-corrected chi connectivity index (χ0v) is 15.6. The molecular formula is C23H20N2O4. The molecule has 1 unspecified atom stereocenters. The first kappa shape index (κ1) is 18.6. The molecule has 2 amide bonds. The van der Waals surface area contributed by atoms with Crippen LogP contribution in [0.1, 0.15) is 15.9 Å². The van der Waals surface area contributed by atoms with Crippen LogP contribution in [0.2, 0.25) is 0 Å². The van der Waals surface area contributed by atoms with E-state index in [-0.39, 0.29) is 18.6 Å².